The Morgan fingerprint density at radius 3 is 2.12 bits per heavy atom. The highest BCUT2D eigenvalue weighted by Gasteiger charge is 2.33. The summed E-state index contributed by atoms with van der Waals surface area (Å²) in [6.07, 6.45) is 0.934. The fourth-order valence-electron chi connectivity index (χ4n) is 4.43. The van der Waals surface area contributed by atoms with E-state index in [1.807, 2.05) is 13.1 Å². The predicted octanol–water partition coefficient (Wildman–Crippen LogP) is 7.40. The monoisotopic (exact) mass is 459 g/mol. The number of phenols is 1. The van der Waals surface area contributed by atoms with Crippen LogP contribution in [0.25, 0.3) is 0 Å². The molecule has 0 fully saturated rings. The summed E-state index contributed by atoms with van der Waals surface area (Å²) in [5, 5.41) is 12.6. The van der Waals surface area contributed by atoms with Crippen molar-refractivity contribution >= 4 is 19.6 Å². The van der Waals surface area contributed by atoms with Crippen molar-refractivity contribution in [1.82, 2.24) is 0 Å². The van der Waals surface area contributed by atoms with Gasteiger partial charge in [-0.3, -0.25) is 4.99 Å². The third-order valence-corrected chi connectivity index (χ3v) is 8.65. The first-order chi connectivity index (χ1) is 15.5. The summed E-state index contributed by atoms with van der Waals surface area (Å²) in [6, 6.07) is 21.2. The predicted molar refractivity (Wildman–Crippen MR) is 146 cm³/mol. The molecule has 0 bridgehead atoms. The molecule has 0 spiro atoms. The zero-order chi connectivity index (χ0) is 24.4. The molecule has 3 aromatic carbocycles. The Kier molecular flexibility index (Phi) is 7.49. The minimum atomic E-state index is -0.188. The number of hydrogen-bond acceptors (Lipinski definition) is 2. The number of aryl methyl sites for hydroxylation is 2. The van der Waals surface area contributed by atoms with Crippen molar-refractivity contribution in [2.24, 2.45) is 4.99 Å². The van der Waals surface area contributed by atoms with E-state index in [1.165, 1.54) is 22.0 Å². The van der Waals surface area contributed by atoms with Gasteiger partial charge in [-0.2, -0.15) is 0 Å². The summed E-state index contributed by atoms with van der Waals surface area (Å²) in [5.41, 5.74) is 7.75. The Balaban J connectivity index is 2.18. The van der Waals surface area contributed by atoms with Crippen molar-refractivity contribution in [3.63, 3.8) is 0 Å². The molecule has 0 aliphatic heterocycles. The molecule has 0 heterocycles. The summed E-state index contributed by atoms with van der Waals surface area (Å²) in [6.45, 7) is 15.4. The van der Waals surface area contributed by atoms with Crippen molar-refractivity contribution in [2.75, 3.05) is 7.05 Å². The van der Waals surface area contributed by atoms with Crippen LogP contribution in [-0.4, -0.2) is 17.9 Å². The standard InChI is InChI=1S/C30H38NOP/c1-9-30(7,25-19-20(2)18-24(27(25)32)29(4,5)6)33-28-21(3)14-13-17-23(28)26(31-8)22-15-11-10-12-16-22/h10-19,32-33H,9H2,1-8H3/b31-26+. The lowest BCUT2D eigenvalue weighted by molar-refractivity contribution is 0.430. The lowest BCUT2D eigenvalue weighted by Gasteiger charge is -2.34. The molecular weight excluding hydrogens is 421 g/mol. The first-order valence-corrected chi connectivity index (χ1v) is 12.8. The van der Waals surface area contributed by atoms with E-state index in [-0.39, 0.29) is 10.6 Å². The van der Waals surface area contributed by atoms with Crippen LogP contribution in [0.15, 0.2) is 65.7 Å². The maximum atomic E-state index is 11.4. The third kappa shape index (κ3) is 5.22. The van der Waals surface area contributed by atoms with Crippen LogP contribution in [0.2, 0.25) is 0 Å². The number of phenolic OH excluding ortho intramolecular Hbond substituents is 1. The van der Waals surface area contributed by atoms with Crippen molar-refractivity contribution in [3.8, 4) is 5.75 Å². The van der Waals surface area contributed by atoms with Crippen molar-refractivity contribution in [1.29, 1.82) is 0 Å². The molecule has 3 aromatic rings. The van der Waals surface area contributed by atoms with Gasteiger partial charge in [0, 0.05) is 28.9 Å². The summed E-state index contributed by atoms with van der Waals surface area (Å²) in [5.74, 6) is 0.451. The topological polar surface area (TPSA) is 32.6 Å². The van der Waals surface area contributed by atoms with Gasteiger partial charge in [-0.05, 0) is 42.1 Å². The minimum absolute atomic E-state index is 0.119. The third-order valence-electron chi connectivity index (χ3n) is 6.56. The Labute approximate surface area is 202 Å². The number of hydrogen-bond donors (Lipinski definition) is 1. The molecule has 0 radical (unpaired) electrons. The van der Waals surface area contributed by atoms with E-state index >= 15 is 0 Å². The van der Waals surface area contributed by atoms with E-state index < -0.39 is 0 Å². The van der Waals surface area contributed by atoms with Gasteiger partial charge < -0.3 is 5.11 Å². The number of rotatable bonds is 6. The summed E-state index contributed by atoms with van der Waals surface area (Å²) in [4.78, 5) is 4.71. The van der Waals surface area contributed by atoms with Crippen molar-refractivity contribution < 1.29 is 5.11 Å². The molecule has 1 N–H and O–H groups in total. The van der Waals surface area contributed by atoms with Gasteiger partial charge in [0.1, 0.15) is 5.75 Å². The van der Waals surface area contributed by atoms with Crippen LogP contribution in [0, 0.1) is 13.8 Å². The summed E-state index contributed by atoms with van der Waals surface area (Å²) >= 11 is 0. The molecule has 0 amide bonds. The van der Waals surface area contributed by atoms with Gasteiger partial charge >= 0.3 is 0 Å². The lowest BCUT2D eigenvalue weighted by atomic mass is 9.82. The van der Waals surface area contributed by atoms with E-state index in [2.05, 4.69) is 103 Å². The van der Waals surface area contributed by atoms with Gasteiger partial charge in [-0.25, -0.2) is 0 Å². The van der Waals surface area contributed by atoms with Gasteiger partial charge in [0.25, 0.3) is 0 Å². The quantitative estimate of drug-likeness (QED) is 0.302. The Morgan fingerprint density at radius 1 is 0.909 bits per heavy atom. The van der Waals surface area contributed by atoms with Crippen LogP contribution in [0.1, 0.15) is 74.4 Å². The second kappa shape index (κ2) is 9.82. The van der Waals surface area contributed by atoms with E-state index in [1.54, 1.807) is 0 Å². The van der Waals surface area contributed by atoms with Crippen LogP contribution in [0.5, 0.6) is 5.75 Å². The molecule has 0 aromatic heterocycles. The first-order valence-electron chi connectivity index (χ1n) is 11.8. The molecule has 174 valence electrons. The lowest BCUT2D eigenvalue weighted by Crippen LogP contribution is -2.25. The smallest absolute Gasteiger partial charge is 0.123 e. The SMILES string of the molecule is CCC(C)(Pc1c(C)cccc1/C(=N/C)c1ccccc1)c1cc(C)cc(C(C)(C)C)c1O. The number of nitrogens with zero attached hydrogens (tertiary/aromatic N) is 1. The Hall–Kier alpha value is -2.44. The highest BCUT2D eigenvalue weighted by molar-refractivity contribution is 7.49. The number of aliphatic imine (C=N–C) groups is 1. The highest BCUT2D eigenvalue weighted by Crippen LogP contribution is 2.50. The fraction of sp³-hybridized carbons (Fsp3) is 0.367. The second-order valence-electron chi connectivity index (χ2n) is 10.2. The normalized spacial score (nSPS) is 14.6. The zero-order valence-corrected chi connectivity index (χ0v) is 22.4. The summed E-state index contributed by atoms with van der Waals surface area (Å²) < 4.78 is 0. The fourth-order valence-corrected chi connectivity index (χ4v) is 6.10. The van der Waals surface area contributed by atoms with Crippen LogP contribution in [0.3, 0.4) is 0 Å². The number of aromatic hydroxyl groups is 1. The molecular formula is C30H38NOP. The molecule has 33 heavy (non-hydrogen) atoms. The van der Waals surface area contributed by atoms with Crippen molar-refractivity contribution in [3.05, 3.63) is 94.0 Å². The van der Waals surface area contributed by atoms with E-state index in [0.29, 0.717) is 14.3 Å². The number of benzene rings is 3. The Morgan fingerprint density at radius 2 is 1.55 bits per heavy atom. The van der Waals surface area contributed by atoms with Crippen molar-refractivity contribution in [2.45, 2.75) is 65.5 Å². The first kappa shape index (κ1) is 25.2. The molecule has 2 nitrogen and oxygen atoms in total. The van der Waals surface area contributed by atoms with Gasteiger partial charge in [-0.15, -0.1) is 0 Å². The molecule has 3 heteroatoms. The van der Waals surface area contributed by atoms with Gasteiger partial charge in [0.15, 0.2) is 0 Å². The van der Waals surface area contributed by atoms with Gasteiger partial charge in [0.05, 0.1) is 5.71 Å². The molecule has 0 saturated carbocycles. The largest absolute Gasteiger partial charge is 0.507 e. The molecule has 0 saturated heterocycles. The summed E-state index contributed by atoms with van der Waals surface area (Å²) in [7, 11) is 2.37. The highest BCUT2D eigenvalue weighted by atomic mass is 31.1. The minimum Gasteiger partial charge on any atom is -0.507 e. The molecule has 2 unspecified atom stereocenters. The van der Waals surface area contributed by atoms with E-state index in [0.717, 1.165) is 28.8 Å². The average molecular weight is 460 g/mol. The van der Waals surface area contributed by atoms with E-state index in [4.69, 9.17) is 4.99 Å². The maximum absolute atomic E-state index is 11.4. The zero-order valence-electron chi connectivity index (χ0n) is 21.4. The van der Waals surface area contributed by atoms with E-state index in [9.17, 15) is 5.11 Å². The molecule has 3 rings (SSSR count). The van der Waals surface area contributed by atoms with Gasteiger partial charge in [0.2, 0.25) is 0 Å². The molecule has 2 atom stereocenters. The van der Waals surface area contributed by atoms with Gasteiger partial charge in [-0.1, -0.05) is 109 Å². The van der Waals surface area contributed by atoms with Crippen LogP contribution in [0.4, 0.5) is 0 Å². The maximum Gasteiger partial charge on any atom is 0.123 e. The molecule has 0 aliphatic rings. The average Bonchev–Trinajstić information content (AvgIpc) is 2.77. The molecule has 0 aliphatic carbocycles. The van der Waals surface area contributed by atoms with Crippen LogP contribution < -0.4 is 5.30 Å². The Bertz CT molecular complexity index is 1160. The second-order valence-corrected chi connectivity index (χ2v) is 12.1. The van der Waals surface area contributed by atoms with Crippen LogP contribution >= 0.6 is 8.58 Å². The van der Waals surface area contributed by atoms with Crippen LogP contribution in [-0.2, 0) is 10.6 Å².